The van der Waals surface area contributed by atoms with Gasteiger partial charge >= 0.3 is 0 Å². The molecule has 38 heavy (non-hydrogen) atoms. The summed E-state index contributed by atoms with van der Waals surface area (Å²) in [5, 5.41) is 10.9. The number of piperazine rings is 1. The van der Waals surface area contributed by atoms with Crippen molar-refractivity contribution in [2.45, 2.75) is 51.7 Å². The number of halogens is 1. The van der Waals surface area contributed by atoms with E-state index in [1.165, 1.54) is 12.1 Å². The molecule has 0 radical (unpaired) electrons. The maximum absolute atomic E-state index is 13.8. The third-order valence-electron chi connectivity index (χ3n) is 7.21. The van der Waals surface area contributed by atoms with Crippen molar-refractivity contribution in [3.05, 3.63) is 85.6 Å². The molecule has 1 fully saturated rings. The van der Waals surface area contributed by atoms with Crippen molar-refractivity contribution in [2.75, 3.05) is 18.0 Å². The second kappa shape index (κ2) is 10.2. The Kier molecular flexibility index (Phi) is 6.99. The standard InChI is InChI=1S/C28H30FN7OS/c1-16(2)27-32-33-28(38-27)26(19-7-9-20(29)10-8-19)36-15-17(3)35(14-18(36)4)22-13-24(37)34(6)21-11-12-23(30-5)31-25(21)22/h7-13,16-18,26H,14-15H2,1-4,6H3/t17-,18+,26?/m0/s1. The van der Waals surface area contributed by atoms with Gasteiger partial charge in [0.05, 0.1) is 17.2 Å². The van der Waals surface area contributed by atoms with Crippen LogP contribution in [0.1, 0.15) is 55.2 Å². The van der Waals surface area contributed by atoms with Crippen LogP contribution in [0.3, 0.4) is 0 Å². The number of nitrogens with zero attached hydrogens (tertiary/aromatic N) is 7. The first-order valence-corrected chi connectivity index (χ1v) is 13.5. The predicted molar refractivity (Wildman–Crippen MR) is 148 cm³/mol. The SMILES string of the molecule is [C-]#[N+]c1ccc2c(n1)c(N1C[C@@H](C)N(C(c3ccc(F)cc3)c3nnc(C(C)C)s3)C[C@@H]1C)cc(=O)n2C. The number of aromatic nitrogens is 4. The largest absolute Gasteiger partial charge is 0.362 e. The minimum absolute atomic E-state index is 0.0281. The summed E-state index contributed by atoms with van der Waals surface area (Å²) in [6.07, 6.45) is 0. The number of pyridine rings is 2. The minimum atomic E-state index is -0.275. The lowest BCUT2D eigenvalue weighted by atomic mass is 9.99. The second-order valence-corrected chi connectivity index (χ2v) is 11.3. The summed E-state index contributed by atoms with van der Waals surface area (Å²) in [6.45, 7) is 17.2. The van der Waals surface area contributed by atoms with Gasteiger partial charge < -0.3 is 14.3 Å². The molecule has 0 N–H and O–H groups in total. The van der Waals surface area contributed by atoms with E-state index in [0.29, 0.717) is 29.9 Å². The summed E-state index contributed by atoms with van der Waals surface area (Å²) in [5.41, 5.74) is 2.93. The summed E-state index contributed by atoms with van der Waals surface area (Å²) in [5.74, 6) is 0.290. The highest BCUT2D eigenvalue weighted by atomic mass is 32.1. The Morgan fingerprint density at radius 3 is 2.42 bits per heavy atom. The van der Waals surface area contributed by atoms with Crippen LogP contribution < -0.4 is 10.5 Å². The molecule has 0 aliphatic carbocycles. The molecule has 10 heteroatoms. The Morgan fingerprint density at radius 2 is 1.76 bits per heavy atom. The van der Waals surface area contributed by atoms with Crippen LogP contribution in [-0.2, 0) is 7.05 Å². The van der Waals surface area contributed by atoms with E-state index in [4.69, 9.17) is 6.57 Å². The molecule has 1 unspecified atom stereocenters. The summed E-state index contributed by atoms with van der Waals surface area (Å²) < 4.78 is 15.4. The first-order chi connectivity index (χ1) is 18.2. The zero-order valence-electron chi connectivity index (χ0n) is 22.1. The molecule has 0 spiro atoms. The molecule has 196 valence electrons. The van der Waals surface area contributed by atoms with E-state index in [1.807, 2.05) is 12.1 Å². The van der Waals surface area contributed by atoms with Crippen LogP contribution in [0, 0.1) is 12.4 Å². The summed E-state index contributed by atoms with van der Waals surface area (Å²) in [6, 6.07) is 11.6. The van der Waals surface area contributed by atoms with Gasteiger partial charge in [0, 0.05) is 44.2 Å². The molecule has 3 aromatic heterocycles. The van der Waals surface area contributed by atoms with Gasteiger partial charge in [-0.2, -0.15) is 0 Å². The van der Waals surface area contributed by atoms with Gasteiger partial charge in [0.2, 0.25) is 5.52 Å². The number of hydrogen-bond donors (Lipinski definition) is 0. The normalized spacial score (nSPS) is 19.2. The molecular formula is C28H30FN7OS. The number of benzene rings is 1. The average molecular weight is 532 g/mol. The first-order valence-electron chi connectivity index (χ1n) is 12.7. The van der Waals surface area contributed by atoms with E-state index in [1.54, 1.807) is 41.2 Å². The van der Waals surface area contributed by atoms with Gasteiger partial charge in [-0.15, -0.1) is 15.2 Å². The number of anilines is 1. The van der Waals surface area contributed by atoms with Crippen molar-refractivity contribution in [3.8, 4) is 0 Å². The smallest absolute Gasteiger partial charge is 0.270 e. The molecule has 3 atom stereocenters. The summed E-state index contributed by atoms with van der Waals surface area (Å²) >= 11 is 1.60. The molecule has 4 heterocycles. The van der Waals surface area contributed by atoms with Crippen LogP contribution in [0.25, 0.3) is 15.9 Å². The molecule has 1 aromatic carbocycles. The van der Waals surface area contributed by atoms with Crippen LogP contribution in [0.15, 0.2) is 47.3 Å². The molecule has 1 saturated heterocycles. The third-order valence-corrected chi connectivity index (χ3v) is 8.49. The monoisotopic (exact) mass is 531 g/mol. The molecular weight excluding hydrogens is 501 g/mol. The number of fused-ring (bicyclic) bond motifs is 1. The molecule has 0 bridgehead atoms. The Hall–Kier alpha value is -3.68. The minimum Gasteiger partial charge on any atom is -0.362 e. The second-order valence-electron chi connectivity index (χ2n) is 10.2. The van der Waals surface area contributed by atoms with Crippen molar-refractivity contribution in [3.63, 3.8) is 0 Å². The van der Waals surface area contributed by atoms with E-state index in [-0.39, 0.29) is 35.4 Å². The lowest BCUT2D eigenvalue weighted by Crippen LogP contribution is -2.57. The van der Waals surface area contributed by atoms with Crippen LogP contribution in [0.4, 0.5) is 15.9 Å². The Labute approximate surface area is 225 Å². The Balaban J connectivity index is 1.55. The Bertz CT molecular complexity index is 1570. The fraction of sp³-hybridized carbons (Fsp3) is 0.393. The van der Waals surface area contributed by atoms with Crippen LogP contribution in [-0.4, -0.2) is 49.8 Å². The van der Waals surface area contributed by atoms with E-state index < -0.39 is 0 Å². The van der Waals surface area contributed by atoms with Crippen molar-refractivity contribution in [2.24, 2.45) is 7.05 Å². The lowest BCUT2D eigenvalue weighted by molar-refractivity contribution is 0.129. The van der Waals surface area contributed by atoms with Crippen molar-refractivity contribution in [1.29, 1.82) is 0 Å². The first kappa shape index (κ1) is 25.9. The van der Waals surface area contributed by atoms with Gasteiger partial charge in [-0.1, -0.05) is 43.9 Å². The fourth-order valence-corrected chi connectivity index (χ4v) is 6.14. The van der Waals surface area contributed by atoms with Crippen LogP contribution >= 0.6 is 11.3 Å². The number of hydrogen-bond acceptors (Lipinski definition) is 7. The van der Waals surface area contributed by atoms with E-state index >= 15 is 0 Å². The van der Waals surface area contributed by atoms with Crippen LogP contribution in [0.2, 0.25) is 0 Å². The van der Waals surface area contributed by atoms with Crippen molar-refractivity contribution >= 4 is 33.9 Å². The highest BCUT2D eigenvalue weighted by Gasteiger charge is 2.38. The molecule has 5 rings (SSSR count). The molecule has 0 saturated carbocycles. The maximum Gasteiger partial charge on any atom is 0.270 e. The van der Waals surface area contributed by atoms with E-state index in [0.717, 1.165) is 21.3 Å². The highest BCUT2D eigenvalue weighted by Crippen LogP contribution is 2.38. The third kappa shape index (κ3) is 4.68. The van der Waals surface area contributed by atoms with E-state index in [2.05, 4.69) is 57.5 Å². The highest BCUT2D eigenvalue weighted by molar-refractivity contribution is 7.11. The van der Waals surface area contributed by atoms with Gasteiger partial charge in [-0.25, -0.2) is 4.39 Å². The maximum atomic E-state index is 13.8. The van der Waals surface area contributed by atoms with Gasteiger partial charge in [-0.05, 0) is 43.7 Å². The summed E-state index contributed by atoms with van der Waals surface area (Å²) in [4.78, 5) is 25.6. The molecule has 4 aromatic rings. The molecule has 8 nitrogen and oxygen atoms in total. The van der Waals surface area contributed by atoms with Gasteiger partial charge in [0.1, 0.15) is 15.8 Å². The number of aryl methyl sites for hydroxylation is 1. The van der Waals surface area contributed by atoms with E-state index in [9.17, 15) is 9.18 Å². The quantitative estimate of drug-likeness (QED) is 0.326. The molecule has 0 amide bonds. The number of rotatable bonds is 5. The fourth-order valence-electron chi connectivity index (χ4n) is 5.14. The van der Waals surface area contributed by atoms with Gasteiger partial charge in [0.15, 0.2) is 0 Å². The summed E-state index contributed by atoms with van der Waals surface area (Å²) in [7, 11) is 1.72. The van der Waals surface area contributed by atoms with Crippen molar-refractivity contribution in [1.82, 2.24) is 24.6 Å². The van der Waals surface area contributed by atoms with Crippen LogP contribution in [0.5, 0.6) is 0 Å². The zero-order chi connectivity index (χ0) is 27.1. The van der Waals surface area contributed by atoms with Gasteiger partial charge in [-0.3, -0.25) is 9.69 Å². The lowest BCUT2D eigenvalue weighted by Gasteiger charge is -2.47. The average Bonchev–Trinajstić information content (AvgIpc) is 3.39. The predicted octanol–water partition coefficient (Wildman–Crippen LogP) is 5.29. The molecule has 1 aliphatic rings. The zero-order valence-corrected chi connectivity index (χ0v) is 22.9. The van der Waals surface area contributed by atoms with Gasteiger partial charge in [0.25, 0.3) is 11.4 Å². The van der Waals surface area contributed by atoms with Crippen molar-refractivity contribution < 1.29 is 4.39 Å². The molecule has 1 aliphatic heterocycles. The topological polar surface area (TPSA) is 71.5 Å². The Morgan fingerprint density at radius 1 is 1.05 bits per heavy atom.